The first-order chi connectivity index (χ1) is 15.6. The van der Waals surface area contributed by atoms with Crippen LogP contribution < -0.4 is 5.32 Å². The number of phenols is 2. The van der Waals surface area contributed by atoms with E-state index in [1.165, 1.54) is 0 Å². The highest BCUT2D eigenvalue weighted by Crippen LogP contribution is 2.36. The first-order valence-corrected chi connectivity index (χ1v) is 11.2. The van der Waals surface area contributed by atoms with Gasteiger partial charge in [0.2, 0.25) is 0 Å². The van der Waals surface area contributed by atoms with Gasteiger partial charge in [-0.05, 0) is 54.4 Å². The fourth-order valence-electron chi connectivity index (χ4n) is 4.25. The normalized spacial score (nSPS) is 15.9. The number of nitrogens with one attached hydrogen (secondary N) is 1. The van der Waals surface area contributed by atoms with Gasteiger partial charge in [0.15, 0.2) is 11.5 Å². The number of fused-ring (bicyclic) bond motifs is 2. The van der Waals surface area contributed by atoms with Gasteiger partial charge in [-0.1, -0.05) is 29.8 Å². The maximum atomic E-state index is 9.71. The zero-order chi connectivity index (χ0) is 22.1. The van der Waals surface area contributed by atoms with Crippen LogP contribution in [0.15, 0.2) is 65.7 Å². The van der Waals surface area contributed by atoms with E-state index in [1.807, 2.05) is 36.4 Å². The number of para-hydroxylation sites is 1. The summed E-state index contributed by atoms with van der Waals surface area (Å²) in [4.78, 5) is 9.80. The van der Waals surface area contributed by atoms with Crippen LogP contribution in [0.2, 0.25) is 5.02 Å². The number of anilines is 2. The number of amidine groups is 1. The molecule has 3 aromatic carbocycles. The third-order valence-corrected chi connectivity index (χ3v) is 6.29. The lowest BCUT2D eigenvalue weighted by Gasteiger charge is -2.36. The van der Waals surface area contributed by atoms with Gasteiger partial charge in [-0.25, -0.2) is 4.99 Å². The SMILES string of the molecule is Oc1ccc(CCN2CCN(C3=Nc4cc(Cl)ccc4Nc4ccccc43)CC2)cc1O. The molecule has 3 N–H and O–H groups in total. The number of piperazine rings is 1. The molecule has 0 atom stereocenters. The number of halogens is 1. The average Bonchev–Trinajstić information content (AvgIpc) is 2.97. The van der Waals surface area contributed by atoms with Crippen molar-refractivity contribution in [2.24, 2.45) is 4.99 Å². The smallest absolute Gasteiger partial charge is 0.157 e. The molecule has 5 rings (SSSR count). The summed E-state index contributed by atoms with van der Waals surface area (Å²) < 4.78 is 0. The van der Waals surface area contributed by atoms with Crippen LogP contribution in [0, 0.1) is 0 Å². The van der Waals surface area contributed by atoms with E-state index in [-0.39, 0.29) is 11.5 Å². The molecule has 1 saturated heterocycles. The van der Waals surface area contributed by atoms with Crippen molar-refractivity contribution in [2.45, 2.75) is 6.42 Å². The van der Waals surface area contributed by atoms with Gasteiger partial charge in [-0.2, -0.15) is 0 Å². The second-order valence-electron chi connectivity index (χ2n) is 8.17. The Morgan fingerprint density at radius 2 is 1.69 bits per heavy atom. The van der Waals surface area contributed by atoms with E-state index in [0.717, 1.165) is 73.2 Å². The zero-order valence-electron chi connectivity index (χ0n) is 17.6. The fraction of sp³-hybridized carbons (Fsp3) is 0.240. The summed E-state index contributed by atoms with van der Waals surface area (Å²) in [5.41, 5.74) is 4.95. The molecule has 164 valence electrons. The Balaban J connectivity index is 1.31. The Labute approximate surface area is 192 Å². The molecule has 0 radical (unpaired) electrons. The van der Waals surface area contributed by atoms with Crippen LogP contribution in [-0.4, -0.2) is 58.6 Å². The molecular weight excluding hydrogens is 424 g/mol. The lowest BCUT2D eigenvalue weighted by molar-refractivity contribution is 0.184. The topological polar surface area (TPSA) is 71.3 Å². The van der Waals surface area contributed by atoms with Crippen LogP contribution in [-0.2, 0) is 6.42 Å². The highest BCUT2D eigenvalue weighted by Gasteiger charge is 2.24. The summed E-state index contributed by atoms with van der Waals surface area (Å²) in [5, 5.41) is 23.4. The molecule has 2 aliphatic rings. The summed E-state index contributed by atoms with van der Waals surface area (Å²) in [5.74, 6) is 0.827. The molecule has 0 spiro atoms. The summed E-state index contributed by atoms with van der Waals surface area (Å²) in [6.07, 6.45) is 0.827. The minimum absolute atomic E-state index is 0.0636. The van der Waals surface area contributed by atoms with Gasteiger partial charge in [0.1, 0.15) is 5.84 Å². The molecule has 0 aliphatic carbocycles. The maximum absolute atomic E-state index is 9.71. The number of aromatic hydroxyl groups is 2. The molecule has 2 aliphatic heterocycles. The first kappa shape index (κ1) is 20.7. The van der Waals surface area contributed by atoms with Gasteiger partial charge in [0.25, 0.3) is 0 Å². The molecule has 3 aromatic rings. The van der Waals surface area contributed by atoms with E-state index in [4.69, 9.17) is 16.6 Å². The van der Waals surface area contributed by atoms with Crippen LogP contribution in [0.25, 0.3) is 0 Å². The molecule has 0 aromatic heterocycles. The number of hydrogen-bond donors (Lipinski definition) is 3. The molecule has 6 nitrogen and oxygen atoms in total. The van der Waals surface area contributed by atoms with Gasteiger partial charge in [0.05, 0.1) is 11.4 Å². The predicted molar refractivity (Wildman–Crippen MR) is 129 cm³/mol. The first-order valence-electron chi connectivity index (χ1n) is 10.8. The molecule has 0 amide bonds. The molecule has 7 heteroatoms. The van der Waals surface area contributed by atoms with Crippen LogP contribution in [0.3, 0.4) is 0 Å². The fourth-order valence-corrected chi connectivity index (χ4v) is 4.41. The van der Waals surface area contributed by atoms with Crippen LogP contribution in [0.4, 0.5) is 17.1 Å². The quantitative estimate of drug-likeness (QED) is 0.504. The van der Waals surface area contributed by atoms with Crippen LogP contribution in [0.1, 0.15) is 11.1 Å². The minimum Gasteiger partial charge on any atom is -0.504 e. The zero-order valence-corrected chi connectivity index (χ0v) is 18.4. The second-order valence-corrected chi connectivity index (χ2v) is 8.61. The van der Waals surface area contributed by atoms with Gasteiger partial charge in [-0.15, -0.1) is 0 Å². The standard InChI is InChI=1S/C25H25ClN4O2/c26-18-6-7-21-22(16-18)28-25(19-3-1-2-4-20(19)27-21)30-13-11-29(12-14-30)10-9-17-5-8-23(31)24(32)15-17/h1-8,15-16,27,31-32H,9-14H2. The number of nitrogens with zero attached hydrogens (tertiary/aromatic N) is 3. The van der Waals surface area contributed by atoms with E-state index in [1.54, 1.807) is 12.1 Å². The predicted octanol–water partition coefficient (Wildman–Crippen LogP) is 4.75. The Morgan fingerprint density at radius 3 is 2.50 bits per heavy atom. The van der Waals surface area contributed by atoms with Gasteiger partial charge in [-0.3, -0.25) is 4.90 Å². The van der Waals surface area contributed by atoms with Crippen molar-refractivity contribution in [3.63, 3.8) is 0 Å². The second kappa shape index (κ2) is 8.73. The third kappa shape index (κ3) is 4.24. The summed E-state index contributed by atoms with van der Waals surface area (Å²) in [6, 6.07) is 19.1. The maximum Gasteiger partial charge on any atom is 0.157 e. The van der Waals surface area contributed by atoms with Crippen LogP contribution in [0.5, 0.6) is 11.5 Å². The van der Waals surface area contributed by atoms with Crippen molar-refractivity contribution < 1.29 is 10.2 Å². The molecule has 2 heterocycles. The number of aliphatic imine (C=N–C) groups is 1. The number of rotatable bonds is 3. The molecular formula is C25H25ClN4O2. The average molecular weight is 449 g/mol. The summed E-state index contributed by atoms with van der Waals surface area (Å²) in [7, 11) is 0. The minimum atomic E-state index is -0.0795. The number of phenolic OH excluding ortho intramolecular Hbond substituents is 2. The lowest BCUT2D eigenvalue weighted by atomic mass is 10.1. The highest BCUT2D eigenvalue weighted by atomic mass is 35.5. The van der Waals surface area contributed by atoms with Crippen molar-refractivity contribution in [3.8, 4) is 11.5 Å². The van der Waals surface area contributed by atoms with Crippen molar-refractivity contribution in [1.82, 2.24) is 9.80 Å². The summed E-state index contributed by atoms with van der Waals surface area (Å²) >= 11 is 6.25. The van der Waals surface area contributed by atoms with E-state index in [2.05, 4.69) is 27.2 Å². The Morgan fingerprint density at radius 1 is 0.875 bits per heavy atom. The highest BCUT2D eigenvalue weighted by molar-refractivity contribution is 6.31. The molecule has 32 heavy (non-hydrogen) atoms. The van der Waals surface area contributed by atoms with Crippen molar-refractivity contribution in [2.75, 3.05) is 38.0 Å². The molecule has 1 fully saturated rings. The Kier molecular flexibility index (Phi) is 5.64. The summed E-state index contributed by atoms with van der Waals surface area (Å²) in [6.45, 7) is 4.52. The van der Waals surface area contributed by atoms with Gasteiger partial charge >= 0.3 is 0 Å². The van der Waals surface area contributed by atoms with Crippen molar-refractivity contribution >= 4 is 34.5 Å². The van der Waals surface area contributed by atoms with Gasteiger partial charge in [0, 0.05) is 49.0 Å². The molecule has 0 unspecified atom stereocenters. The number of benzene rings is 3. The molecule has 0 saturated carbocycles. The Hall–Kier alpha value is -3.22. The van der Waals surface area contributed by atoms with Crippen LogP contribution >= 0.6 is 11.6 Å². The van der Waals surface area contributed by atoms with Gasteiger partial charge < -0.3 is 20.4 Å². The van der Waals surface area contributed by atoms with E-state index in [9.17, 15) is 10.2 Å². The molecule has 0 bridgehead atoms. The lowest BCUT2D eigenvalue weighted by Crippen LogP contribution is -2.49. The number of hydrogen-bond acceptors (Lipinski definition) is 6. The van der Waals surface area contributed by atoms with Crippen molar-refractivity contribution in [1.29, 1.82) is 0 Å². The Bertz CT molecular complexity index is 1170. The monoisotopic (exact) mass is 448 g/mol. The largest absolute Gasteiger partial charge is 0.504 e. The van der Waals surface area contributed by atoms with E-state index < -0.39 is 0 Å². The van der Waals surface area contributed by atoms with E-state index in [0.29, 0.717) is 5.02 Å². The van der Waals surface area contributed by atoms with Crippen molar-refractivity contribution in [3.05, 3.63) is 76.8 Å². The van der Waals surface area contributed by atoms with E-state index >= 15 is 0 Å². The third-order valence-electron chi connectivity index (χ3n) is 6.05.